The fourth-order valence-electron chi connectivity index (χ4n) is 6.66. The van der Waals surface area contributed by atoms with Crippen LogP contribution in [0.3, 0.4) is 0 Å². The van der Waals surface area contributed by atoms with Gasteiger partial charge in [0.05, 0.1) is 33.3 Å². The Morgan fingerprint density at radius 2 is 0.543 bits per heavy atom. The molecule has 0 spiro atoms. The maximum Gasteiger partial charge on any atom is 1.00 e. The van der Waals surface area contributed by atoms with Crippen LogP contribution in [0.5, 0.6) is 0 Å². The number of benzene rings is 3. The van der Waals surface area contributed by atoms with E-state index in [1.54, 1.807) is 95.4 Å². The number of aliphatic carboxylic acids is 2. The van der Waals surface area contributed by atoms with E-state index in [1.165, 1.54) is 63.2 Å². The molecule has 0 amide bonds. The molecule has 0 aliphatic rings. The number of esters is 3. The van der Waals surface area contributed by atoms with Crippen molar-refractivity contribution < 1.29 is 117 Å². The molecule has 0 aliphatic heterocycles. The van der Waals surface area contributed by atoms with Crippen molar-refractivity contribution in [2.24, 2.45) is 0 Å². The molecule has 3 aromatic carbocycles. The summed E-state index contributed by atoms with van der Waals surface area (Å²) in [5.74, 6) is -1.13. The minimum atomic E-state index is -2.07. The van der Waals surface area contributed by atoms with Gasteiger partial charge in [0.1, 0.15) is 12.6 Å². The van der Waals surface area contributed by atoms with E-state index >= 15 is 0 Å². The molecular formula is C77H89Na2O12P. The molecule has 3 rings (SSSR count). The normalized spacial score (nSPS) is 13.2. The van der Waals surface area contributed by atoms with Gasteiger partial charge in [-0.3, -0.25) is 9.59 Å². The molecule has 0 aromatic heterocycles. The van der Waals surface area contributed by atoms with Gasteiger partial charge in [0.15, 0.2) is 0 Å². The first-order chi connectivity index (χ1) is 42.4. The largest absolute Gasteiger partial charge is 1.00 e. The Balaban J connectivity index is -0.000000572. The molecule has 0 N–H and O–H groups in total. The Bertz CT molecular complexity index is 3230. The average Bonchev–Trinajstić information content (AvgIpc) is 0.770. The molecular weight excluding hydrogens is 1190 g/mol. The third-order valence-corrected chi connectivity index (χ3v) is 15.8. The van der Waals surface area contributed by atoms with Crippen LogP contribution in [0.4, 0.5) is 0 Å². The van der Waals surface area contributed by atoms with Crippen LogP contribution in [-0.2, 0) is 47.8 Å². The topological polar surface area (TPSA) is 193 Å². The third kappa shape index (κ3) is 40.7. The zero-order valence-corrected chi connectivity index (χ0v) is 60.6. The number of aldehydes is 2. The number of hydrogen-bond acceptors (Lipinski definition) is 12. The molecule has 476 valence electrons. The first-order valence-electron chi connectivity index (χ1n) is 28.1. The van der Waals surface area contributed by atoms with Gasteiger partial charge in [-0.25, -0.2) is 14.4 Å². The van der Waals surface area contributed by atoms with E-state index in [9.17, 15) is 43.8 Å². The van der Waals surface area contributed by atoms with E-state index in [1.807, 2.05) is 125 Å². The maximum absolute atomic E-state index is 11.9. The average molecular weight is 1280 g/mol. The van der Waals surface area contributed by atoms with Crippen LogP contribution in [0, 0.1) is 0 Å². The number of hydrogen-bond donors (Lipinski definition) is 0. The first kappa shape index (κ1) is 90.4. The number of ether oxygens (including phenoxy) is 3. The summed E-state index contributed by atoms with van der Waals surface area (Å²) in [7, 11) is 4.13. The predicted octanol–water partition coefficient (Wildman–Crippen LogP) is 7.11. The van der Waals surface area contributed by atoms with Crippen molar-refractivity contribution in [2.75, 3.05) is 21.3 Å². The Hall–Kier alpha value is -8.03. The monoisotopic (exact) mass is 1280 g/mol. The molecule has 3 aromatic rings. The van der Waals surface area contributed by atoms with Crippen molar-refractivity contribution in [1.82, 2.24) is 0 Å². The van der Waals surface area contributed by atoms with E-state index in [4.69, 9.17) is 4.74 Å². The van der Waals surface area contributed by atoms with Crippen molar-refractivity contribution >= 4 is 71.0 Å². The summed E-state index contributed by atoms with van der Waals surface area (Å²) in [6.07, 6.45) is 46.3. The molecule has 0 heterocycles. The summed E-state index contributed by atoms with van der Waals surface area (Å²) >= 11 is 0. The maximum atomic E-state index is 11.9. The first-order valence-corrected chi connectivity index (χ1v) is 29.9. The summed E-state index contributed by atoms with van der Waals surface area (Å²) in [5, 5.41) is 24.8. The molecule has 0 atom stereocenters. The van der Waals surface area contributed by atoms with Gasteiger partial charge in [-0.05, 0) is 121 Å². The summed E-state index contributed by atoms with van der Waals surface area (Å²) in [4.78, 5) is 75.7. The van der Waals surface area contributed by atoms with E-state index in [-0.39, 0.29) is 95.6 Å². The summed E-state index contributed by atoms with van der Waals surface area (Å²) in [5.41, 5.74) is 7.36. The van der Waals surface area contributed by atoms with E-state index in [0.717, 1.165) is 34.9 Å². The molecule has 15 heteroatoms. The molecule has 0 saturated carbocycles. The second-order valence-electron chi connectivity index (χ2n) is 19.5. The second kappa shape index (κ2) is 54.7. The van der Waals surface area contributed by atoms with Crippen molar-refractivity contribution in [2.45, 2.75) is 83.6 Å². The number of carbonyl (C=O) groups is 7. The Morgan fingerprint density at radius 3 is 0.761 bits per heavy atom. The van der Waals surface area contributed by atoms with Crippen molar-refractivity contribution in [3.05, 3.63) is 304 Å². The molecule has 0 unspecified atom stereocenters. The SMILES string of the molecule is C.CC(/C=C/C=C(\C)C(=O)[O-])=C\C=C\C=C(C)\C=C\C=C(/C)C(=O)[O-].COC(=O)/C(C)=C/C=C/C(C)=C/C=C/C=C(C)/C=C/C=C(\C)C(=O)OC.COC(=O)/C(C)=C/C=P(c1ccccc1)(c1ccccc1)c1ccccc1.C\C(C=O)=C/C=C/C=C(\C)C=O.[Na+].[Na+]. The molecule has 92 heavy (non-hydrogen) atoms. The smallest absolute Gasteiger partial charge is 0.545 e. The molecule has 0 radical (unpaired) electrons. The van der Waals surface area contributed by atoms with Crippen LogP contribution < -0.4 is 85.2 Å². The van der Waals surface area contributed by atoms with Gasteiger partial charge in [0.2, 0.25) is 0 Å². The van der Waals surface area contributed by atoms with E-state index in [2.05, 4.69) is 88.1 Å². The number of carboxylic acids is 2. The van der Waals surface area contributed by atoms with Gasteiger partial charge in [-0.15, -0.1) is 0 Å². The van der Waals surface area contributed by atoms with Crippen LogP contribution in [0.2, 0.25) is 0 Å². The van der Waals surface area contributed by atoms with Crippen LogP contribution in [0.1, 0.15) is 83.6 Å². The second-order valence-corrected chi connectivity index (χ2v) is 22.8. The van der Waals surface area contributed by atoms with Crippen LogP contribution >= 0.6 is 6.89 Å². The summed E-state index contributed by atoms with van der Waals surface area (Å²) < 4.78 is 14.1. The number of carbonyl (C=O) groups excluding carboxylic acids is 7. The molecule has 0 aliphatic carbocycles. The van der Waals surface area contributed by atoms with Gasteiger partial charge in [0.25, 0.3) is 0 Å². The van der Waals surface area contributed by atoms with Gasteiger partial charge < -0.3 is 34.0 Å². The zero-order valence-electron chi connectivity index (χ0n) is 55.7. The molecule has 12 nitrogen and oxygen atoms in total. The van der Waals surface area contributed by atoms with Gasteiger partial charge >= 0.3 is 77.0 Å². The van der Waals surface area contributed by atoms with E-state index < -0.39 is 18.8 Å². The quantitative estimate of drug-likeness (QED) is 0.0159. The Kier molecular flexibility index (Phi) is 53.7. The number of allylic oxidation sites excluding steroid dienone is 31. The van der Waals surface area contributed by atoms with Crippen molar-refractivity contribution in [1.29, 1.82) is 0 Å². The minimum Gasteiger partial charge on any atom is -0.545 e. The Morgan fingerprint density at radius 1 is 0.326 bits per heavy atom. The third-order valence-electron chi connectivity index (χ3n) is 11.9. The standard InChI is InChI=1S/C24H23O2P.C22H28O4.C20H24O4.C10H12O2.CH4.2Na/c1-20(24(25)26-2)18-19-27(21-12-6-3-7-13-21,22-14-8-4-9-15-22)23-16-10-5-11-17-23;1-17(13-9-15-19(3)21(23)25-5)11-7-8-12-18(2)14-10-16-20(4)22(24)26-6;1-15(11-7-13-17(3)19(21)22)9-5-6-10-16(2)12-8-14-18(4)20(23)24;1-9(7-11)5-3-4-6-10(2)8-12;;;/h3-19H,1-2H3;7-16H,1-6H3;5-14H,1-4H3,(H,21,22)(H,23,24);3-8H,1-2H3;1H4;;/q;;;;;2*+1/p-2/b20-18+;8-7+,13-9+,14-10+,17-11+,18-12+,19-15+,20-16+;6-5+,11-7+,12-8+,15-9+,16-10+,17-13+,18-14+;4-3+,9-5+,10-6+;;;. The number of carboxylic acid groups (broad SMARTS) is 2. The minimum absolute atomic E-state index is 0. The molecule has 0 saturated heterocycles. The van der Waals surface area contributed by atoms with Gasteiger partial charge in [-0.2, -0.15) is 0 Å². The molecule has 0 bridgehead atoms. The van der Waals surface area contributed by atoms with Crippen molar-refractivity contribution in [3.8, 4) is 0 Å². The number of rotatable bonds is 25. The molecule has 0 fully saturated rings. The number of methoxy groups -OCH3 is 3. The van der Waals surface area contributed by atoms with Crippen LogP contribution in [0.25, 0.3) is 0 Å². The fraction of sp³-hybridized carbons (Fsp3) is 0.195. The van der Waals surface area contributed by atoms with Gasteiger partial charge in [-0.1, -0.05) is 278 Å². The summed E-state index contributed by atoms with van der Waals surface area (Å²) in [6, 6.07) is 31.5. The Labute approximate surface area is 592 Å². The van der Waals surface area contributed by atoms with Crippen LogP contribution in [-0.4, -0.2) is 69.5 Å². The van der Waals surface area contributed by atoms with Gasteiger partial charge in [0, 0.05) is 16.7 Å². The van der Waals surface area contributed by atoms with Crippen LogP contribution in [0.15, 0.2) is 304 Å². The van der Waals surface area contributed by atoms with E-state index in [0.29, 0.717) is 27.9 Å². The van der Waals surface area contributed by atoms with Crippen molar-refractivity contribution in [3.63, 3.8) is 0 Å². The predicted molar refractivity (Wildman–Crippen MR) is 371 cm³/mol. The fourth-order valence-corrected chi connectivity index (χ4v) is 10.4. The zero-order chi connectivity index (χ0) is 67.0. The summed E-state index contributed by atoms with van der Waals surface area (Å²) in [6.45, 7) is 17.3.